The quantitative estimate of drug-likeness (QED) is 0.663. The van der Waals surface area contributed by atoms with Gasteiger partial charge in [-0.25, -0.2) is 0 Å². The van der Waals surface area contributed by atoms with Crippen molar-refractivity contribution >= 4 is 11.4 Å². The molecular formula is C16H20N4O4. The summed E-state index contributed by atoms with van der Waals surface area (Å²) in [7, 11) is 0. The molecular weight excluding hydrogens is 312 g/mol. The first-order valence-electron chi connectivity index (χ1n) is 7.72. The monoisotopic (exact) mass is 332 g/mol. The van der Waals surface area contributed by atoms with Crippen LogP contribution in [0.2, 0.25) is 0 Å². The summed E-state index contributed by atoms with van der Waals surface area (Å²) in [5.41, 5.74) is 0.487. The molecule has 0 saturated carbocycles. The molecule has 0 fully saturated rings. The van der Waals surface area contributed by atoms with Gasteiger partial charge >= 0.3 is 5.69 Å². The normalized spacial score (nSPS) is 17.0. The zero-order valence-corrected chi connectivity index (χ0v) is 13.6. The predicted octanol–water partition coefficient (Wildman–Crippen LogP) is 1.83. The van der Waals surface area contributed by atoms with Crippen molar-refractivity contribution < 1.29 is 14.8 Å². The molecule has 2 heterocycles. The van der Waals surface area contributed by atoms with E-state index in [-0.39, 0.29) is 17.8 Å². The molecule has 0 amide bonds. The Hall–Kier alpha value is -2.61. The van der Waals surface area contributed by atoms with Gasteiger partial charge in [0.15, 0.2) is 0 Å². The van der Waals surface area contributed by atoms with E-state index in [1.54, 1.807) is 0 Å². The molecule has 8 nitrogen and oxygen atoms in total. The lowest BCUT2D eigenvalue weighted by Gasteiger charge is -2.41. The molecule has 2 aromatic rings. The molecule has 1 aliphatic rings. The Labute approximate surface area is 139 Å². The molecule has 0 saturated heterocycles. The number of para-hydroxylation sites is 2. The van der Waals surface area contributed by atoms with Crippen LogP contribution in [0.3, 0.4) is 0 Å². The second-order valence-electron chi connectivity index (χ2n) is 6.54. The number of ether oxygens (including phenoxy) is 1. The van der Waals surface area contributed by atoms with Crippen molar-refractivity contribution in [1.29, 1.82) is 0 Å². The smallest absolute Gasteiger partial charge is 0.306 e. The number of hydrogen-bond acceptors (Lipinski definition) is 6. The molecule has 3 rings (SSSR count). The number of nitro groups is 1. The van der Waals surface area contributed by atoms with E-state index in [0.717, 1.165) is 11.4 Å². The van der Waals surface area contributed by atoms with Gasteiger partial charge in [-0.15, -0.1) is 0 Å². The summed E-state index contributed by atoms with van der Waals surface area (Å²) in [6.07, 6.45) is 1.78. The fourth-order valence-electron chi connectivity index (χ4n) is 2.92. The molecule has 0 radical (unpaired) electrons. The van der Waals surface area contributed by atoms with Crippen molar-refractivity contribution in [3.05, 3.63) is 46.8 Å². The standard InChI is InChI=1S/C16H20N4O4/c1-16(2)11-18(14-5-3-4-6-15(14)24-16)9-13(21)10-19-8-12(7-17-19)20(22)23/h3-8,13,21H,9-11H2,1-2H3. The van der Waals surface area contributed by atoms with Crippen LogP contribution in [0.5, 0.6) is 5.75 Å². The van der Waals surface area contributed by atoms with Crippen molar-refractivity contribution in [3.63, 3.8) is 0 Å². The molecule has 0 aliphatic carbocycles. The Morgan fingerprint density at radius 1 is 1.42 bits per heavy atom. The maximum absolute atomic E-state index is 10.7. The number of rotatable bonds is 5. The number of aromatic nitrogens is 2. The van der Waals surface area contributed by atoms with E-state index in [1.165, 1.54) is 17.1 Å². The lowest BCUT2D eigenvalue weighted by molar-refractivity contribution is -0.385. The van der Waals surface area contributed by atoms with Gasteiger partial charge in [-0.05, 0) is 26.0 Å². The molecule has 128 valence electrons. The van der Waals surface area contributed by atoms with E-state index >= 15 is 0 Å². The number of aliphatic hydroxyl groups is 1. The second-order valence-corrected chi connectivity index (χ2v) is 6.54. The van der Waals surface area contributed by atoms with Crippen molar-refractivity contribution in [2.75, 3.05) is 18.0 Å². The average Bonchev–Trinajstić information content (AvgIpc) is 2.94. The van der Waals surface area contributed by atoms with Gasteiger partial charge in [-0.3, -0.25) is 14.8 Å². The van der Waals surface area contributed by atoms with Crippen LogP contribution in [0.4, 0.5) is 11.4 Å². The molecule has 1 aromatic heterocycles. The number of hydrogen-bond donors (Lipinski definition) is 1. The number of nitrogens with zero attached hydrogens (tertiary/aromatic N) is 4. The van der Waals surface area contributed by atoms with Crippen molar-refractivity contribution in [3.8, 4) is 5.75 Å². The lowest BCUT2D eigenvalue weighted by atomic mass is 10.0. The van der Waals surface area contributed by atoms with Gasteiger partial charge < -0.3 is 14.7 Å². The highest BCUT2D eigenvalue weighted by molar-refractivity contribution is 5.60. The molecule has 8 heteroatoms. The summed E-state index contributed by atoms with van der Waals surface area (Å²) in [5, 5.41) is 25.0. The minimum absolute atomic E-state index is 0.0833. The number of β-amino-alcohol motifs (C(OH)–C–C–N with tert-alkyl or cyclic N) is 1. The van der Waals surface area contributed by atoms with E-state index in [0.29, 0.717) is 13.1 Å². The van der Waals surface area contributed by atoms with Crippen molar-refractivity contribution in [2.24, 2.45) is 0 Å². The van der Waals surface area contributed by atoms with Gasteiger partial charge in [0, 0.05) is 6.54 Å². The Morgan fingerprint density at radius 3 is 2.88 bits per heavy atom. The van der Waals surface area contributed by atoms with Crippen LogP contribution in [-0.4, -0.2) is 44.6 Å². The summed E-state index contributed by atoms with van der Waals surface area (Å²) in [6, 6.07) is 7.71. The maximum atomic E-state index is 10.7. The van der Waals surface area contributed by atoms with Crippen LogP contribution in [0, 0.1) is 10.1 Å². The first-order valence-corrected chi connectivity index (χ1v) is 7.72. The van der Waals surface area contributed by atoms with Gasteiger partial charge in [-0.2, -0.15) is 5.10 Å². The highest BCUT2D eigenvalue weighted by Gasteiger charge is 2.32. The molecule has 0 bridgehead atoms. The minimum Gasteiger partial charge on any atom is -0.484 e. The maximum Gasteiger partial charge on any atom is 0.306 e. The van der Waals surface area contributed by atoms with E-state index in [9.17, 15) is 15.2 Å². The van der Waals surface area contributed by atoms with Gasteiger partial charge in [-0.1, -0.05) is 12.1 Å². The molecule has 1 N–H and O–H groups in total. The highest BCUT2D eigenvalue weighted by atomic mass is 16.6. The predicted molar refractivity (Wildman–Crippen MR) is 88.3 cm³/mol. The van der Waals surface area contributed by atoms with Crippen LogP contribution < -0.4 is 9.64 Å². The number of fused-ring (bicyclic) bond motifs is 1. The van der Waals surface area contributed by atoms with Crippen LogP contribution in [0.15, 0.2) is 36.7 Å². The Bertz CT molecular complexity index is 743. The molecule has 1 atom stereocenters. The summed E-state index contributed by atoms with van der Waals surface area (Å²) >= 11 is 0. The SMILES string of the molecule is CC1(C)CN(CC(O)Cn2cc([N+](=O)[O-])cn2)c2ccccc2O1. The average molecular weight is 332 g/mol. The summed E-state index contributed by atoms with van der Waals surface area (Å²) in [6.45, 7) is 5.21. The number of benzene rings is 1. The Balaban J connectivity index is 1.71. The Kier molecular flexibility index (Phi) is 4.15. The van der Waals surface area contributed by atoms with Gasteiger partial charge in [0.05, 0.1) is 29.8 Å². The lowest BCUT2D eigenvalue weighted by Crippen LogP contribution is -2.49. The first kappa shape index (κ1) is 16.3. The van der Waals surface area contributed by atoms with Crippen molar-refractivity contribution in [2.45, 2.75) is 32.1 Å². The van der Waals surface area contributed by atoms with E-state index < -0.39 is 11.0 Å². The van der Waals surface area contributed by atoms with Crippen LogP contribution >= 0.6 is 0 Å². The summed E-state index contributed by atoms with van der Waals surface area (Å²) in [4.78, 5) is 12.3. The number of aliphatic hydroxyl groups excluding tert-OH is 1. The van der Waals surface area contributed by atoms with Crippen LogP contribution in [0.1, 0.15) is 13.8 Å². The highest BCUT2D eigenvalue weighted by Crippen LogP contribution is 2.36. The van der Waals surface area contributed by atoms with Crippen LogP contribution in [-0.2, 0) is 6.54 Å². The number of anilines is 1. The third-order valence-corrected chi connectivity index (χ3v) is 3.82. The molecule has 24 heavy (non-hydrogen) atoms. The van der Waals surface area contributed by atoms with Gasteiger partial charge in [0.25, 0.3) is 0 Å². The van der Waals surface area contributed by atoms with E-state index in [1.807, 2.05) is 38.1 Å². The molecule has 1 aliphatic heterocycles. The fraction of sp³-hybridized carbons (Fsp3) is 0.438. The van der Waals surface area contributed by atoms with Gasteiger partial charge in [0.2, 0.25) is 0 Å². The minimum atomic E-state index is -0.716. The van der Waals surface area contributed by atoms with Gasteiger partial charge in [0.1, 0.15) is 23.7 Å². The topological polar surface area (TPSA) is 93.7 Å². The molecule has 1 unspecified atom stereocenters. The Morgan fingerprint density at radius 2 is 2.17 bits per heavy atom. The summed E-state index contributed by atoms with van der Waals surface area (Å²) in [5.74, 6) is 0.788. The third kappa shape index (κ3) is 3.48. The zero-order chi connectivity index (χ0) is 17.3. The van der Waals surface area contributed by atoms with E-state index in [2.05, 4.69) is 10.00 Å². The second kappa shape index (κ2) is 6.12. The summed E-state index contributed by atoms with van der Waals surface area (Å²) < 4.78 is 7.35. The fourth-order valence-corrected chi connectivity index (χ4v) is 2.92. The largest absolute Gasteiger partial charge is 0.484 e. The van der Waals surface area contributed by atoms with E-state index in [4.69, 9.17) is 4.74 Å². The van der Waals surface area contributed by atoms with Crippen LogP contribution in [0.25, 0.3) is 0 Å². The zero-order valence-electron chi connectivity index (χ0n) is 13.6. The molecule has 0 spiro atoms. The third-order valence-electron chi connectivity index (χ3n) is 3.82. The molecule has 1 aromatic carbocycles. The first-order chi connectivity index (χ1) is 11.3. The van der Waals surface area contributed by atoms with Crippen molar-refractivity contribution in [1.82, 2.24) is 9.78 Å².